The Morgan fingerprint density at radius 2 is 2.04 bits per heavy atom. The van der Waals surface area contributed by atoms with Crippen LogP contribution in [-0.2, 0) is 16.1 Å². The van der Waals surface area contributed by atoms with Crippen molar-refractivity contribution in [2.45, 2.75) is 36.5 Å². The first-order valence-electron chi connectivity index (χ1n) is 8.43. The Kier molecular flexibility index (Phi) is 7.73. The van der Waals surface area contributed by atoms with Crippen molar-refractivity contribution in [2.75, 3.05) is 20.3 Å². The predicted octanol–water partition coefficient (Wildman–Crippen LogP) is 3.75. The van der Waals surface area contributed by atoms with E-state index in [-0.39, 0.29) is 11.1 Å². The molecule has 1 unspecified atom stereocenters. The van der Waals surface area contributed by atoms with Crippen LogP contribution >= 0.6 is 11.8 Å². The van der Waals surface area contributed by atoms with Crippen LogP contribution in [0.5, 0.6) is 0 Å². The van der Waals surface area contributed by atoms with Gasteiger partial charge in [0.15, 0.2) is 5.16 Å². The van der Waals surface area contributed by atoms with E-state index in [1.54, 1.807) is 44.4 Å². The number of nitrogens with zero attached hydrogens (tertiary/aromatic N) is 2. The van der Waals surface area contributed by atoms with E-state index in [9.17, 15) is 18.0 Å². The number of hydrogen-bond acceptors (Lipinski definition) is 4. The van der Waals surface area contributed by atoms with Crippen molar-refractivity contribution in [3.05, 3.63) is 36.5 Å². The standard InChI is InChI=1S/C18H22F3N3O2S/c1-13(16(25)22-9-6-10-26-2)27-17-23-11-15(14-7-4-3-5-8-14)24(17)12-18(19,20)21/h3-5,7-8,11,13H,6,9-10,12H2,1-2H3,(H,22,25). The van der Waals surface area contributed by atoms with Gasteiger partial charge in [-0.15, -0.1) is 0 Å². The van der Waals surface area contributed by atoms with Gasteiger partial charge in [-0.05, 0) is 18.9 Å². The molecule has 2 rings (SSSR count). The summed E-state index contributed by atoms with van der Waals surface area (Å²) in [4.78, 5) is 16.3. The average molecular weight is 401 g/mol. The molecule has 9 heteroatoms. The highest BCUT2D eigenvalue weighted by Crippen LogP contribution is 2.31. The zero-order valence-corrected chi connectivity index (χ0v) is 15.9. The Balaban J connectivity index is 2.16. The topological polar surface area (TPSA) is 56.1 Å². The minimum absolute atomic E-state index is 0.158. The lowest BCUT2D eigenvalue weighted by molar-refractivity contribution is -0.141. The van der Waals surface area contributed by atoms with Crippen molar-refractivity contribution >= 4 is 17.7 Å². The van der Waals surface area contributed by atoms with Gasteiger partial charge >= 0.3 is 6.18 Å². The van der Waals surface area contributed by atoms with Crippen LogP contribution in [0, 0.1) is 0 Å². The van der Waals surface area contributed by atoms with Crippen LogP contribution in [0.4, 0.5) is 13.2 Å². The molecule has 1 heterocycles. The normalized spacial score (nSPS) is 12.8. The van der Waals surface area contributed by atoms with Gasteiger partial charge in [0.05, 0.1) is 17.1 Å². The SMILES string of the molecule is COCCCNC(=O)C(C)Sc1ncc(-c2ccccc2)n1CC(F)(F)F. The zero-order chi connectivity index (χ0) is 19.9. The average Bonchev–Trinajstić information content (AvgIpc) is 3.00. The maximum absolute atomic E-state index is 13.1. The van der Waals surface area contributed by atoms with Crippen LogP contribution in [0.1, 0.15) is 13.3 Å². The van der Waals surface area contributed by atoms with Gasteiger partial charge in [0.25, 0.3) is 0 Å². The summed E-state index contributed by atoms with van der Waals surface area (Å²) in [5.74, 6) is -0.251. The molecule has 0 saturated heterocycles. The van der Waals surface area contributed by atoms with Gasteiger partial charge in [-0.3, -0.25) is 4.79 Å². The number of carbonyl (C=O) groups excluding carboxylic acids is 1. The minimum atomic E-state index is -4.40. The van der Waals surface area contributed by atoms with Crippen molar-refractivity contribution in [1.82, 2.24) is 14.9 Å². The van der Waals surface area contributed by atoms with E-state index in [4.69, 9.17) is 4.74 Å². The first kappa shape index (κ1) is 21.3. The van der Waals surface area contributed by atoms with Gasteiger partial charge in [0.1, 0.15) is 6.54 Å². The van der Waals surface area contributed by atoms with Crippen molar-refractivity contribution in [3.8, 4) is 11.3 Å². The number of amides is 1. The summed E-state index contributed by atoms with van der Waals surface area (Å²) in [5.41, 5.74) is 1.00. The number of ether oxygens (including phenoxy) is 1. The van der Waals surface area contributed by atoms with Crippen LogP contribution in [-0.4, -0.2) is 47.1 Å². The lowest BCUT2D eigenvalue weighted by Gasteiger charge is -2.16. The second-order valence-corrected chi connectivity index (χ2v) is 7.20. The van der Waals surface area contributed by atoms with Crippen LogP contribution in [0.25, 0.3) is 11.3 Å². The van der Waals surface area contributed by atoms with Gasteiger partial charge in [-0.1, -0.05) is 42.1 Å². The number of benzene rings is 1. The second kappa shape index (κ2) is 9.80. The number of rotatable bonds is 9. The Bertz CT molecular complexity index is 735. The fourth-order valence-electron chi connectivity index (χ4n) is 2.41. The summed E-state index contributed by atoms with van der Waals surface area (Å²) in [6.45, 7) is 1.45. The van der Waals surface area contributed by atoms with Crippen LogP contribution < -0.4 is 5.32 Å². The molecule has 1 atom stereocenters. The molecule has 0 aliphatic carbocycles. The molecule has 148 valence electrons. The van der Waals surface area contributed by atoms with Crippen LogP contribution in [0.15, 0.2) is 41.7 Å². The van der Waals surface area contributed by atoms with E-state index in [2.05, 4.69) is 10.3 Å². The summed E-state index contributed by atoms with van der Waals surface area (Å²) < 4.78 is 45.3. The molecule has 0 spiro atoms. The van der Waals surface area contributed by atoms with Crippen LogP contribution in [0.2, 0.25) is 0 Å². The van der Waals surface area contributed by atoms with Gasteiger partial charge < -0.3 is 14.6 Å². The summed E-state index contributed by atoms with van der Waals surface area (Å²) in [5, 5.41) is 2.32. The molecule has 0 aliphatic heterocycles. The molecular formula is C18H22F3N3O2S. The summed E-state index contributed by atoms with van der Waals surface area (Å²) in [7, 11) is 1.57. The zero-order valence-electron chi connectivity index (χ0n) is 15.1. The predicted molar refractivity (Wildman–Crippen MR) is 98.5 cm³/mol. The molecule has 1 aromatic heterocycles. The third-order valence-electron chi connectivity index (χ3n) is 3.70. The molecule has 0 saturated carbocycles. The summed E-state index contributed by atoms with van der Waals surface area (Å²) >= 11 is 1.01. The van der Waals surface area contributed by atoms with Gasteiger partial charge in [0, 0.05) is 20.3 Å². The first-order chi connectivity index (χ1) is 12.8. The Morgan fingerprint density at radius 1 is 1.33 bits per heavy atom. The fraction of sp³-hybridized carbons (Fsp3) is 0.444. The number of imidazole rings is 1. The number of thioether (sulfide) groups is 1. The molecule has 1 amide bonds. The van der Waals surface area contributed by atoms with Gasteiger partial charge in [-0.25, -0.2) is 4.98 Å². The highest BCUT2D eigenvalue weighted by molar-refractivity contribution is 8.00. The number of aromatic nitrogens is 2. The number of nitrogens with one attached hydrogen (secondary N) is 1. The monoisotopic (exact) mass is 401 g/mol. The van der Waals surface area contributed by atoms with Crippen molar-refractivity contribution < 1.29 is 22.7 Å². The summed E-state index contributed by atoms with van der Waals surface area (Å²) in [6, 6.07) is 8.75. The molecule has 0 fully saturated rings. The Labute approximate surface area is 160 Å². The van der Waals surface area contributed by atoms with Gasteiger partial charge in [0.2, 0.25) is 5.91 Å². The summed E-state index contributed by atoms with van der Waals surface area (Å²) in [6.07, 6.45) is -2.32. The second-order valence-electron chi connectivity index (χ2n) is 5.89. The number of halogens is 3. The maximum Gasteiger partial charge on any atom is 0.406 e. The molecular weight excluding hydrogens is 379 g/mol. The van der Waals surface area contributed by atoms with E-state index in [1.165, 1.54) is 6.20 Å². The number of hydrogen-bond donors (Lipinski definition) is 1. The maximum atomic E-state index is 13.1. The van der Waals surface area contributed by atoms with E-state index in [0.717, 1.165) is 16.3 Å². The van der Waals surface area contributed by atoms with E-state index in [1.807, 2.05) is 0 Å². The molecule has 1 aromatic carbocycles. The number of alkyl halides is 3. The van der Waals surface area contributed by atoms with Crippen molar-refractivity contribution in [2.24, 2.45) is 0 Å². The fourth-order valence-corrected chi connectivity index (χ4v) is 3.32. The molecule has 0 bridgehead atoms. The molecule has 0 radical (unpaired) electrons. The lowest BCUT2D eigenvalue weighted by atomic mass is 10.2. The third-order valence-corrected chi connectivity index (χ3v) is 4.81. The van der Waals surface area contributed by atoms with Crippen molar-refractivity contribution in [1.29, 1.82) is 0 Å². The molecule has 2 aromatic rings. The van der Waals surface area contributed by atoms with Crippen LogP contribution in [0.3, 0.4) is 0 Å². The highest BCUT2D eigenvalue weighted by Gasteiger charge is 2.31. The Hall–Kier alpha value is -2.00. The quantitative estimate of drug-likeness (QED) is 0.514. The van der Waals surface area contributed by atoms with E-state index >= 15 is 0 Å². The Morgan fingerprint density at radius 3 is 2.67 bits per heavy atom. The smallest absolute Gasteiger partial charge is 0.385 e. The first-order valence-corrected chi connectivity index (χ1v) is 9.31. The minimum Gasteiger partial charge on any atom is -0.385 e. The van der Waals surface area contributed by atoms with Gasteiger partial charge in [-0.2, -0.15) is 13.2 Å². The number of methoxy groups -OCH3 is 1. The van der Waals surface area contributed by atoms with Crippen molar-refractivity contribution in [3.63, 3.8) is 0 Å². The highest BCUT2D eigenvalue weighted by atomic mass is 32.2. The number of carbonyl (C=O) groups is 1. The molecule has 5 nitrogen and oxygen atoms in total. The van der Waals surface area contributed by atoms with E-state index < -0.39 is 18.0 Å². The molecule has 1 N–H and O–H groups in total. The molecule has 0 aliphatic rings. The third kappa shape index (κ3) is 6.59. The molecule has 27 heavy (non-hydrogen) atoms. The van der Waals surface area contributed by atoms with E-state index in [0.29, 0.717) is 30.8 Å². The largest absolute Gasteiger partial charge is 0.406 e. The lowest BCUT2D eigenvalue weighted by Crippen LogP contribution is -2.32.